The molecule has 0 unspecified atom stereocenters. The van der Waals surface area contributed by atoms with Gasteiger partial charge in [-0.3, -0.25) is 5.10 Å². The van der Waals surface area contributed by atoms with E-state index in [2.05, 4.69) is 15.5 Å². The van der Waals surface area contributed by atoms with Crippen LogP contribution in [0, 0.1) is 6.92 Å². The van der Waals surface area contributed by atoms with Crippen molar-refractivity contribution < 1.29 is 0 Å². The normalized spacial score (nSPS) is 10.0. The number of nitrogens with zero attached hydrogens (tertiary/aromatic N) is 1. The minimum absolute atomic E-state index is 0.891. The highest BCUT2D eigenvalue weighted by Crippen LogP contribution is 1.99. The molecule has 0 saturated carbocycles. The zero-order valence-electron chi connectivity index (χ0n) is 5.73. The van der Waals surface area contributed by atoms with Crippen LogP contribution in [0.4, 0.5) is 0 Å². The van der Waals surface area contributed by atoms with Crippen LogP contribution in [0.2, 0.25) is 0 Å². The lowest BCUT2D eigenvalue weighted by Gasteiger charge is -1.93. The summed E-state index contributed by atoms with van der Waals surface area (Å²) in [4.78, 5) is 0. The molecule has 0 aliphatic heterocycles. The Morgan fingerprint density at radius 2 is 2.56 bits per heavy atom. The number of nitrogens with one attached hydrogen (secondary N) is 2. The molecule has 3 nitrogen and oxygen atoms in total. The number of aryl methyl sites for hydroxylation is 1. The van der Waals surface area contributed by atoms with Crippen molar-refractivity contribution in [3.05, 3.63) is 17.5 Å². The van der Waals surface area contributed by atoms with Crippen LogP contribution in [0.5, 0.6) is 0 Å². The van der Waals surface area contributed by atoms with Crippen molar-refractivity contribution in [3.8, 4) is 0 Å². The molecule has 0 aliphatic rings. The minimum atomic E-state index is 0.891. The van der Waals surface area contributed by atoms with Crippen molar-refractivity contribution >= 4 is 0 Å². The van der Waals surface area contributed by atoms with Crippen molar-refractivity contribution in [1.82, 2.24) is 15.5 Å². The Balaban J connectivity index is 2.69. The fourth-order valence-electron chi connectivity index (χ4n) is 0.744. The van der Waals surface area contributed by atoms with Gasteiger partial charge in [-0.05, 0) is 14.0 Å². The standard InChI is InChI=1S/C6H11N3/c1-5-6(3-7-2)4-8-9-5/h4,7H,3H2,1-2H3,(H,8,9). The Morgan fingerprint density at radius 3 is 3.00 bits per heavy atom. The third-order valence-electron chi connectivity index (χ3n) is 1.30. The highest BCUT2D eigenvalue weighted by molar-refractivity contribution is 5.13. The number of aromatic nitrogens is 2. The lowest BCUT2D eigenvalue weighted by atomic mass is 10.3. The van der Waals surface area contributed by atoms with Crippen molar-refractivity contribution in [3.63, 3.8) is 0 Å². The van der Waals surface area contributed by atoms with Crippen LogP contribution in [0.15, 0.2) is 6.20 Å². The number of hydrogen-bond acceptors (Lipinski definition) is 2. The Bertz CT molecular complexity index is 180. The van der Waals surface area contributed by atoms with Gasteiger partial charge in [0, 0.05) is 17.8 Å². The number of rotatable bonds is 2. The van der Waals surface area contributed by atoms with Crippen molar-refractivity contribution in [1.29, 1.82) is 0 Å². The molecule has 0 aliphatic carbocycles. The SMILES string of the molecule is CNCc1cn[nH]c1C. The Labute approximate surface area is 54.5 Å². The van der Waals surface area contributed by atoms with Crippen LogP contribution in [0.25, 0.3) is 0 Å². The summed E-state index contributed by atoms with van der Waals surface area (Å²) in [5.41, 5.74) is 2.38. The van der Waals surface area contributed by atoms with Crippen molar-refractivity contribution in [2.24, 2.45) is 0 Å². The van der Waals surface area contributed by atoms with Crippen LogP contribution < -0.4 is 5.32 Å². The van der Waals surface area contributed by atoms with Gasteiger partial charge in [0.25, 0.3) is 0 Å². The molecule has 0 bridgehead atoms. The summed E-state index contributed by atoms with van der Waals surface area (Å²) < 4.78 is 0. The summed E-state index contributed by atoms with van der Waals surface area (Å²) in [7, 11) is 1.92. The highest BCUT2D eigenvalue weighted by Gasteiger charge is 1.95. The smallest absolute Gasteiger partial charge is 0.0535 e. The van der Waals surface area contributed by atoms with Gasteiger partial charge in [-0.1, -0.05) is 0 Å². The van der Waals surface area contributed by atoms with E-state index in [1.807, 2.05) is 20.2 Å². The topological polar surface area (TPSA) is 40.7 Å². The number of H-pyrrole nitrogens is 1. The van der Waals surface area contributed by atoms with Crippen LogP contribution in [-0.4, -0.2) is 17.2 Å². The van der Waals surface area contributed by atoms with Crippen LogP contribution in [0.1, 0.15) is 11.3 Å². The first-order valence-corrected chi connectivity index (χ1v) is 2.98. The maximum atomic E-state index is 3.88. The summed E-state index contributed by atoms with van der Waals surface area (Å²) in [6.45, 7) is 2.90. The van der Waals surface area contributed by atoms with Crippen molar-refractivity contribution in [2.75, 3.05) is 7.05 Å². The zero-order chi connectivity index (χ0) is 6.69. The fraction of sp³-hybridized carbons (Fsp3) is 0.500. The lowest BCUT2D eigenvalue weighted by Crippen LogP contribution is -2.04. The molecular weight excluding hydrogens is 114 g/mol. The molecule has 0 atom stereocenters. The van der Waals surface area contributed by atoms with Gasteiger partial charge in [0.1, 0.15) is 0 Å². The summed E-state index contributed by atoms with van der Waals surface area (Å²) in [5.74, 6) is 0. The summed E-state index contributed by atoms with van der Waals surface area (Å²) in [6, 6.07) is 0. The minimum Gasteiger partial charge on any atom is -0.316 e. The van der Waals surface area contributed by atoms with E-state index >= 15 is 0 Å². The van der Waals surface area contributed by atoms with Crippen LogP contribution in [-0.2, 0) is 6.54 Å². The molecular formula is C6H11N3. The average Bonchev–Trinajstić information content (AvgIpc) is 2.18. The van der Waals surface area contributed by atoms with E-state index < -0.39 is 0 Å². The molecule has 1 rings (SSSR count). The number of hydrogen-bond donors (Lipinski definition) is 2. The Morgan fingerprint density at radius 1 is 1.78 bits per heavy atom. The molecule has 1 aromatic heterocycles. The van der Waals surface area contributed by atoms with Gasteiger partial charge in [0.2, 0.25) is 0 Å². The molecule has 0 spiro atoms. The first kappa shape index (κ1) is 6.29. The maximum absolute atomic E-state index is 3.88. The largest absolute Gasteiger partial charge is 0.316 e. The van der Waals surface area contributed by atoms with Crippen molar-refractivity contribution in [2.45, 2.75) is 13.5 Å². The molecule has 9 heavy (non-hydrogen) atoms. The predicted molar refractivity (Wildman–Crippen MR) is 36.1 cm³/mol. The summed E-state index contributed by atoms with van der Waals surface area (Å²) >= 11 is 0. The second kappa shape index (κ2) is 2.64. The van der Waals surface area contributed by atoms with Gasteiger partial charge in [-0.15, -0.1) is 0 Å². The van der Waals surface area contributed by atoms with E-state index in [9.17, 15) is 0 Å². The van der Waals surface area contributed by atoms with E-state index in [-0.39, 0.29) is 0 Å². The van der Waals surface area contributed by atoms with E-state index in [1.165, 1.54) is 5.56 Å². The predicted octanol–water partition coefficient (Wildman–Crippen LogP) is 0.438. The van der Waals surface area contributed by atoms with Crippen LogP contribution >= 0.6 is 0 Å². The quantitative estimate of drug-likeness (QED) is 0.602. The first-order valence-electron chi connectivity index (χ1n) is 2.98. The Kier molecular flexibility index (Phi) is 1.85. The highest BCUT2D eigenvalue weighted by atomic mass is 15.1. The van der Waals surface area contributed by atoms with E-state index in [4.69, 9.17) is 0 Å². The molecule has 3 heteroatoms. The Hall–Kier alpha value is -0.830. The van der Waals surface area contributed by atoms with Gasteiger partial charge in [-0.25, -0.2) is 0 Å². The third kappa shape index (κ3) is 1.29. The molecule has 2 N–H and O–H groups in total. The molecule has 1 heterocycles. The van der Waals surface area contributed by atoms with Crippen LogP contribution in [0.3, 0.4) is 0 Å². The lowest BCUT2D eigenvalue weighted by molar-refractivity contribution is 0.812. The third-order valence-corrected chi connectivity index (χ3v) is 1.30. The summed E-state index contributed by atoms with van der Waals surface area (Å²) in [6.07, 6.45) is 1.84. The van der Waals surface area contributed by atoms with E-state index in [1.54, 1.807) is 0 Å². The molecule has 1 aromatic rings. The molecule has 0 saturated heterocycles. The molecule has 0 fully saturated rings. The van der Waals surface area contributed by atoms with Gasteiger partial charge in [-0.2, -0.15) is 5.10 Å². The zero-order valence-corrected chi connectivity index (χ0v) is 5.73. The maximum Gasteiger partial charge on any atom is 0.0535 e. The molecule has 0 radical (unpaired) electrons. The molecule has 0 aromatic carbocycles. The monoisotopic (exact) mass is 125 g/mol. The van der Waals surface area contributed by atoms with Gasteiger partial charge in [0.05, 0.1) is 6.20 Å². The fourth-order valence-corrected chi connectivity index (χ4v) is 0.744. The molecule has 0 amide bonds. The number of aromatic amines is 1. The van der Waals surface area contributed by atoms with E-state index in [0.29, 0.717) is 0 Å². The van der Waals surface area contributed by atoms with Gasteiger partial charge in [0.15, 0.2) is 0 Å². The second-order valence-electron chi connectivity index (χ2n) is 2.05. The second-order valence-corrected chi connectivity index (χ2v) is 2.05. The first-order chi connectivity index (χ1) is 4.34. The average molecular weight is 125 g/mol. The molecule has 50 valence electrons. The van der Waals surface area contributed by atoms with Gasteiger partial charge < -0.3 is 5.32 Å². The van der Waals surface area contributed by atoms with Gasteiger partial charge >= 0.3 is 0 Å². The summed E-state index contributed by atoms with van der Waals surface area (Å²) in [5, 5.41) is 9.79. The van der Waals surface area contributed by atoms with E-state index in [0.717, 1.165) is 12.2 Å².